The molecule has 1 aromatic rings. The number of aromatic hydroxyl groups is 1. The first-order valence-electron chi connectivity index (χ1n) is 6.38. The standard InChI is InChI=1S/C14H18BrNO2/c15-13-7-2-1-4-11(13)9-16-14(18)10-5-3-6-12(17)8-10/h3,5-6,8,11,13,17H,1-2,4,7,9H2,(H,16,18). The van der Waals surface area contributed by atoms with E-state index in [0.717, 1.165) is 6.42 Å². The number of hydrogen-bond acceptors (Lipinski definition) is 2. The highest BCUT2D eigenvalue weighted by atomic mass is 79.9. The molecule has 0 radical (unpaired) electrons. The average molecular weight is 312 g/mol. The number of hydrogen-bond donors (Lipinski definition) is 2. The van der Waals surface area contributed by atoms with Crippen LogP contribution in [0.5, 0.6) is 5.75 Å². The van der Waals surface area contributed by atoms with E-state index in [0.29, 0.717) is 22.9 Å². The van der Waals surface area contributed by atoms with Crippen LogP contribution >= 0.6 is 15.9 Å². The highest BCUT2D eigenvalue weighted by molar-refractivity contribution is 9.09. The van der Waals surface area contributed by atoms with E-state index in [4.69, 9.17) is 0 Å². The van der Waals surface area contributed by atoms with E-state index in [1.807, 2.05) is 0 Å². The van der Waals surface area contributed by atoms with Gasteiger partial charge < -0.3 is 10.4 Å². The number of nitrogens with one attached hydrogen (secondary N) is 1. The zero-order chi connectivity index (χ0) is 13.0. The van der Waals surface area contributed by atoms with Crippen LogP contribution in [-0.2, 0) is 0 Å². The van der Waals surface area contributed by atoms with Gasteiger partial charge in [-0.25, -0.2) is 0 Å². The van der Waals surface area contributed by atoms with Crippen LogP contribution in [0.25, 0.3) is 0 Å². The summed E-state index contributed by atoms with van der Waals surface area (Å²) in [5, 5.41) is 12.3. The van der Waals surface area contributed by atoms with Gasteiger partial charge in [0.25, 0.3) is 5.91 Å². The molecule has 0 saturated heterocycles. The van der Waals surface area contributed by atoms with Crippen LogP contribution in [0.2, 0.25) is 0 Å². The number of benzene rings is 1. The number of halogens is 1. The lowest BCUT2D eigenvalue weighted by Crippen LogP contribution is -2.34. The van der Waals surface area contributed by atoms with Crippen molar-refractivity contribution in [1.82, 2.24) is 5.32 Å². The minimum Gasteiger partial charge on any atom is -0.508 e. The first-order chi connectivity index (χ1) is 8.66. The van der Waals surface area contributed by atoms with Gasteiger partial charge in [-0.15, -0.1) is 0 Å². The molecular weight excluding hydrogens is 294 g/mol. The molecule has 0 bridgehead atoms. The average Bonchev–Trinajstić information content (AvgIpc) is 2.37. The third-order valence-electron chi connectivity index (χ3n) is 3.45. The molecule has 1 aliphatic rings. The molecule has 1 aliphatic carbocycles. The van der Waals surface area contributed by atoms with Crippen molar-refractivity contribution in [2.45, 2.75) is 30.5 Å². The minimum atomic E-state index is -0.115. The van der Waals surface area contributed by atoms with Crippen LogP contribution in [0, 0.1) is 5.92 Å². The summed E-state index contributed by atoms with van der Waals surface area (Å²) < 4.78 is 0. The third-order valence-corrected chi connectivity index (χ3v) is 4.65. The predicted molar refractivity (Wildman–Crippen MR) is 75.1 cm³/mol. The molecule has 0 spiro atoms. The van der Waals surface area contributed by atoms with Crippen molar-refractivity contribution in [3.63, 3.8) is 0 Å². The lowest BCUT2D eigenvalue weighted by atomic mass is 9.89. The molecule has 2 unspecified atom stereocenters. The normalized spacial score (nSPS) is 23.6. The third kappa shape index (κ3) is 3.48. The van der Waals surface area contributed by atoms with Crippen LogP contribution in [0.4, 0.5) is 0 Å². The van der Waals surface area contributed by atoms with Crippen molar-refractivity contribution in [3.8, 4) is 5.75 Å². The van der Waals surface area contributed by atoms with Gasteiger partial charge in [-0.3, -0.25) is 4.79 Å². The summed E-state index contributed by atoms with van der Waals surface area (Å²) in [5.74, 6) is 0.523. The summed E-state index contributed by atoms with van der Waals surface area (Å²) in [7, 11) is 0. The monoisotopic (exact) mass is 311 g/mol. The molecule has 3 nitrogen and oxygen atoms in total. The molecule has 18 heavy (non-hydrogen) atoms. The molecule has 2 atom stereocenters. The maximum Gasteiger partial charge on any atom is 0.251 e. The van der Waals surface area contributed by atoms with Crippen LogP contribution in [-0.4, -0.2) is 22.4 Å². The molecule has 1 amide bonds. The number of alkyl halides is 1. The van der Waals surface area contributed by atoms with Gasteiger partial charge in [0.1, 0.15) is 5.75 Å². The number of carbonyl (C=O) groups is 1. The Morgan fingerprint density at radius 3 is 2.89 bits per heavy atom. The zero-order valence-corrected chi connectivity index (χ0v) is 11.8. The molecule has 2 N–H and O–H groups in total. The fraction of sp³-hybridized carbons (Fsp3) is 0.500. The summed E-state index contributed by atoms with van der Waals surface area (Å²) in [5.41, 5.74) is 0.511. The maximum absolute atomic E-state index is 11.9. The van der Waals surface area contributed by atoms with Gasteiger partial charge in [0, 0.05) is 16.9 Å². The van der Waals surface area contributed by atoms with Gasteiger partial charge in [-0.2, -0.15) is 0 Å². The first-order valence-corrected chi connectivity index (χ1v) is 7.29. The van der Waals surface area contributed by atoms with Gasteiger partial charge in [-0.1, -0.05) is 34.8 Å². The fourth-order valence-electron chi connectivity index (χ4n) is 2.37. The predicted octanol–water partition coefficient (Wildman–Crippen LogP) is 3.08. The summed E-state index contributed by atoms with van der Waals surface area (Å²) in [6.45, 7) is 0.699. The minimum absolute atomic E-state index is 0.115. The van der Waals surface area contributed by atoms with Crippen molar-refractivity contribution in [1.29, 1.82) is 0 Å². The highest BCUT2D eigenvalue weighted by Crippen LogP contribution is 2.29. The maximum atomic E-state index is 11.9. The fourth-order valence-corrected chi connectivity index (χ4v) is 3.14. The first kappa shape index (κ1) is 13.4. The molecule has 1 fully saturated rings. The molecule has 0 aromatic heterocycles. The van der Waals surface area contributed by atoms with E-state index in [2.05, 4.69) is 21.2 Å². The second-order valence-electron chi connectivity index (χ2n) is 4.82. The van der Waals surface area contributed by atoms with Gasteiger partial charge in [0.2, 0.25) is 0 Å². The SMILES string of the molecule is O=C(NCC1CCCCC1Br)c1cccc(O)c1. The van der Waals surface area contributed by atoms with Crippen molar-refractivity contribution < 1.29 is 9.90 Å². The quantitative estimate of drug-likeness (QED) is 0.843. The lowest BCUT2D eigenvalue weighted by Gasteiger charge is -2.27. The van der Waals surface area contributed by atoms with E-state index in [-0.39, 0.29) is 11.7 Å². The summed E-state index contributed by atoms with van der Waals surface area (Å²) in [6.07, 6.45) is 4.87. The molecule has 1 aromatic carbocycles. The van der Waals surface area contributed by atoms with E-state index < -0.39 is 0 Å². The summed E-state index contributed by atoms with van der Waals surface area (Å²) >= 11 is 3.68. The molecular formula is C14H18BrNO2. The Morgan fingerprint density at radius 2 is 2.17 bits per heavy atom. The highest BCUT2D eigenvalue weighted by Gasteiger charge is 2.23. The van der Waals surface area contributed by atoms with E-state index >= 15 is 0 Å². The molecule has 0 heterocycles. The smallest absolute Gasteiger partial charge is 0.251 e. The van der Waals surface area contributed by atoms with Gasteiger partial charge in [0.15, 0.2) is 0 Å². The van der Waals surface area contributed by atoms with Crippen LogP contribution in [0.3, 0.4) is 0 Å². The lowest BCUT2D eigenvalue weighted by molar-refractivity contribution is 0.0944. The van der Waals surface area contributed by atoms with Gasteiger partial charge in [0.05, 0.1) is 0 Å². The van der Waals surface area contributed by atoms with Crippen molar-refractivity contribution in [2.75, 3.05) is 6.54 Å². The Hall–Kier alpha value is -1.03. The van der Waals surface area contributed by atoms with Crippen molar-refractivity contribution >= 4 is 21.8 Å². The zero-order valence-electron chi connectivity index (χ0n) is 10.2. The van der Waals surface area contributed by atoms with Gasteiger partial charge in [-0.05, 0) is 37.0 Å². The number of phenols is 1. The Kier molecular flexibility index (Phi) is 4.64. The Labute approximate surface area is 116 Å². The molecule has 2 rings (SSSR count). The number of phenolic OH excluding ortho intramolecular Hbond substituents is 1. The molecule has 1 saturated carbocycles. The van der Waals surface area contributed by atoms with Crippen LogP contribution in [0.1, 0.15) is 36.0 Å². The molecule has 0 aliphatic heterocycles. The number of amides is 1. The Balaban J connectivity index is 1.88. The van der Waals surface area contributed by atoms with Gasteiger partial charge >= 0.3 is 0 Å². The van der Waals surface area contributed by atoms with Crippen LogP contribution in [0.15, 0.2) is 24.3 Å². The number of carbonyl (C=O) groups excluding carboxylic acids is 1. The Morgan fingerprint density at radius 1 is 1.39 bits per heavy atom. The Bertz CT molecular complexity index is 422. The summed E-state index contributed by atoms with van der Waals surface area (Å²) in [6, 6.07) is 6.44. The van der Waals surface area contributed by atoms with Crippen molar-refractivity contribution in [3.05, 3.63) is 29.8 Å². The second kappa shape index (κ2) is 6.23. The molecule has 98 valence electrons. The summed E-state index contributed by atoms with van der Waals surface area (Å²) in [4.78, 5) is 12.4. The second-order valence-corrected chi connectivity index (χ2v) is 6.00. The van der Waals surface area contributed by atoms with E-state index in [1.165, 1.54) is 25.3 Å². The number of rotatable bonds is 3. The van der Waals surface area contributed by atoms with Crippen LogP contribution < -0.4 is 5.32 Å². The largest absolute Gasteiger partial charge is 0.508 e. The van der Waals surface area contributed by atoms with E-state index in [1.54, 1.807) is 18.2 Å². The van der Waals surface area contributed by atoms with Crippen molar-refractivity contribution in [2.24, 2.45) is 5.92 Å². The topological polar surface area (TPSA) is 49.3 Å². The van der Waals surface area contributed by atoms with E-state index in [9.17, 15) is 9.90 Å². The molecule has 4 heteroatoms.